The molecule has 0 bridgehead atoms. The number of hydrogen-bond donors (Lipinski definition) is 3. The quantitative estimate of drug-likeness (QED) is 0.0222. The molecule has 0 aliphatic heterocycles. The van der Waals surface area contributed by atoms with Gasteiger partial charge in [0.25, 0.3) is 0 Å². The maximum Gasteiger partial charge on any atom is 0.472 e. The SMILES string of the molecule is CCCCCCCCCCCCCCCCCCCCC(=O)O[C@H](COC(=O)CCCCCCCCCCCCCCCCC(C)C)COP(=O)(O)OC[C@@H](O)COP(=O)(O)OC[C@@H](COC(=O)CCCCCCC)OC(=O)CCCCCCCCCC(C)C. The van der Waals surface area contributed by atoms with Crippen LogP contribution in [0.1, 0.15) is 363 Å². The van der Waals surface area contributed by atoms with Gasteiger partial charge >= 0.3 is 39.5 Å². The summed E-state index contributed by atoms with van der Waals surface area (Å²) in [5, 5.41) is 10.6. The monoisotopic (exact) mass is 1320 g/mol. The first-order valence-electron chi connectivity index (χ1n) is 37.0. The predicted octanol–water partition coefficient (Wildman–Crippen LogP) is 20.4. The standard InChI is InChI=1S/C71H138O17P2/c1-7-9-11-13-14-15-16-17-18-19-20-21-26-29-32-37-43-49-55-70(75)88-67(60-82-69(74)54-48-42-36-31-28-25-23-22-24-27-30-34-40-45-51-63(3)4)62-86-90(79,80)84-58-65(72)57-83-89(77,78)85-61-66(59-81-68(73)53-47-39-12-10-8-2)87-71(76)56-50-44-38-33-35-41-46-52-64(5)6/h63-67,72H,7-62H2,1-6H3,(H,77,78)(H,79,80)/t65-,66+,67+/m0/s1. The second-order valence-corrected chi connectivity index (χ2v) is 29.5. The molecule has 0 saturated heterocycles. The van der Waals surface area contributed by atoms with Crippen molar-refractivity contribution in [3.8, 4) is 0 Å². The third-order valence-corrected chi connectivity index (χ3v) is 18.4. The number of carbonyl (C=O) groups is 4. The van der Waals surface area contributed by atoms with Crippen molar-refractivity contribution in [2.75, 3.05) is 39.6 Å². The largest absolute Gasteiger partial charge is 0.472 e. The van der Waals surface area contributed by atoms with Gasteiger partial charge in [0.15, 0.2) is 12.2 Å². The number of hydrogen-bond acceptors (Lipinski definition) is 15. The lowest BCUT2D eigenvalue weighted by molar-refractivity contribution is -0.161. The molecule has 0 aliphatic rings. The third-order valence-electron chi connectivity index (χ3n) is 16.5. The van der Waals surface area contributed by atoms with E-state index in [-0.39, 0.29) is 25.7 Å². The maximum absolute atomic E-state index is 13.0. The number of rotatable bonds is 70. The van der Waals surface area contributed by atoms with Crippen LogP contribution >= 0.6 is 15.6 Å². The summed E-state index contributed by atoms with van der Waals surface area (Å²) in [4.78, 5) is 72.3. The Kier molecular flexibility index (Phi) is 61.8. The van der Waals surface area contributed by atoms with Crippen LogP contribution in [-0.2, 0) is 65.4 Å². The number of carbonyl (C=O) groups excluding carboxylic acids is 4. The van der Waals surface area contributed by atoms with Gasteiger partial charge < -0.3 is 33.8 Å². The van der Waals surface area contributed by atoms with Crippen molar-refractivity contribution in [2.45, 2.75) is 381 Å². The predicted molar refractivity (Wildman–Crippen MR) is 363 cm³/mol. The lowest BCUT2D eigenvalue weighted by atomic mass is 10.0. The summed E-state index contributed by atoms with van der Waals surface area (Å²) in [7, 11) is -9.89. The van der Waals surface area contributed by atoms with E-state index in [0.717, 1.165) is 102 Å². The fraction of sp³-hybridized carbons (Fsp3) is 0.944. The van der Waals surface area contributed by atoms with E-state index in [4.69, 9.17) is 37.0 Å². The van der Waals surface area contributed by atoms with Gasteiger partial charge in [0.05, 0.1) is 26.4 Å². The summed E-state index contributed by atoms with van der Waals surface area (Å²) in [5.41, 5.74) is 0. The van der Waals surface area contributed by atoms with Gasteiger partial charge in [-0.2, -0.15) is 0 Å². The molecule has 0 fully saturated rings. The van der Waals surface area contributed by atoms with Gasteiger partial charge in [-0.3, -0.25) is 37.3 Å². The summed E-state index contributed by atoms with van der Waals surface area (Å²) in [5.74, 6) is -0.641. The molecular formula is C71H138O17P2. The van der Waals surface area contributed by atoms with E-state index in [1.807, 2.05) is 0 Å². The Hall–Kier alpha value is -1.94. The van der Waals surface area contributed by atoms with E-state index in [9.17, 15) is 43.2 Å². The lowest BCUT2D eigenvalue weighted by Gasteiger charge is -2.21. The summed E-state index contributed by atoms with van der Waals surface area (Å²) < 4.78 is 68.1. The molecule has 0 saturated carbocycles. The zero-order chi connectivity index (χ0) is 66.5. The van der Waals surface area contributed by atoms with Gasteiger partial charge in [-0.05, 0) is 37.5 Å². The van der Waals surface area contributed by atoms with Gasteiger partial charge in [0, 0.05) is 25.7 Å². The molecule has 17 nitrogen and oxygen atoms in total. The van der Waals surface area contributed by atoms with Crippen LogP contribution in [0.25, 0.3) is 0 Å². The highest BCUT2D eigenvalue weighted by Crippen LogP contribution is 2.45. The smallest absolute Gasteiger partial charge is 0.462 e. The Morgan fingerprint density at radius 1 is 0.300 bits per heavy atom. The van der Waals surface area contributed by atoms with Crippen LogP contribution in [0.3, 0.4) is 0 Å². The molecule has 3 N–H and O–H groups in total. The minimum atomic E-state index is -4.95. The van der Waals surface area contributed by atoms with Crippen molar-refractivity contribution in [2.24, 2.45) is 11.8 Å². The van der Waals surface area contributed by atoms with Crippen LogP contribution in [0.2, 0.25) is 0 Å². The topological polar surface area (TPSA) is 237 Å². The Morgan fingerprint density at radius 2 is 0.511 bits per heavy atom. The normalized spacial score (nSPS) is 14.1. The van der Waals surface area contributed by atoms with Crippen LogP contribution in [0.4, 0.5) is 0 Å². The highest BCUT2D eigenvalue weighted by atomic mass is 31.2. The van der Waals surface area contributed by atoms with Crippen molar-refractivity contribution in [3.63, 3.8) is 0 Å². The Balaban J connectivity index is 5.14. The van der Waals surface area contributed by atoms with Crippen molar-refractivity contribution in [1.82, 2.24) is 0 Å². The molecule has 0 aromatic heterocycles. The van der Waals surface area contributed by atoms with E-state index in [2.05, 4.69) is 41.5 Å². The van der Waals surface area contributed by atoms with Gasteiger partial charge in [0.2, 0.25) is 0 Å². The number of phosphoric acid groups is 2. The first-order chi connectivity index (χ1) is 43.4. The van der Waals surface area contributed by atoms with Crippen LogP contribution in [0.5, 0.6) is 0 Å². The van der Waals surface area contributed by atoms with E-state index in [0.29, 0.717) is 31.6 Å². The summed E-state index contributed by atoms with van der Waals surface area (Å²) >= 11 is 0. The van der Waals surface area contributed by atoms with Gasteiger partial charge in [-0.25, -0.2) is 9.13 Å². The molecule has 19 heteroatoms. The second kappa shape index (κ2) is 63.1. The summed E-state index contributed by atoms with van der Waals surface area (Å²) in [6.45, 7) is 9.43. The number of ether oxygens (including phenoxy) is 4. The van der Waals surface area contributed by atoms with Crippen LogP contribution in [0.15, 0.2) is 0 Å². The molecule has 2 unspecified atom stereocenters. The maximum atomic E-state index is 13.0. The minimum Gasteiger partial charge on any atom is -0.462 e. The van der Waals surface area contributed by atoms with Crippen molar-refractivity contribution in [3.05, 3.63) is 0 Å². The zero-order valence-electron chi connectivity index (χ0n) is 58.4. The zero-order valence-corrected chi connectivity index (χ0v) is 60.2. The van der Waals surface area contributed by atoms with E-state index >= 15 is 0 Å². The molecule has 0 amide bonds. The highest BCUT2D eigenvalue weighted by molar-refractivity contribution is 7.47. The molecule has 0 aliphatic carbocycles. The number of aliphatic hydroxyl groups is 1. The second-order valence-electron chi connectivity index (χ2n) is 26.6. The van der Waals surface area contributed by atoms with Crippen molar-refractivity contribution >= 4 is 39.5 Å². The van der Waals surface area contributed by atoms with Gasteiger partial charge in [0.1, 0.15) is 19.3 Å². The van der Waals surface area contributed by atoms with Gasteiger partial charge in [-0.1, -0.05) is 311 Å². The van der Waals surface area contributed by atoms with Crippen LogP contribution in [-0.4, -0.2) is 96.7 Å². The minimum absolute atomic E-state index is 0.103. The number of esters is 4. The Bertz CT molecular complexity index is 1750. The first kappa shape index (κ1) is 88.1. The van der Waals surface area contributed by atoms with Crippen molar-refractivity contribution < 1.29 is 80.2 Å². The molecular weight excluding hydrogens is 1190 g/mol. The lowest BCUT2D eigenvalue weighted by Crippen LogP contribution is -2.30. The third kappa shape index (κ3) is 64.8. The molecule has 0 aromatic carbocycles. The molecule has 0 spiro atoms. The molecule has 0 rings (SSSR count). The Morgan fingerprint density at radius 3 is 0.756 bits per heavy atom. The molecule has 0 aromatic rings. The van der Waals surface area contributed by atoms with Crippen molar-refractivity contribution in [1.29, 1.82) is 0 Å². The molecule has 5 atom stereocenters. The number of unbranched alkanes of at least 4 members (excludes halogenated alkanes) is 40. The fourth-order valence-corrected chi connectivity index (χ4v) is 12.3. The Labute approximate surface area is 549 Å². The molecule has 90 heavy (non-hydrogen) atoms. The molecule has 0 radical (unpaired) electrons. The van der Waals surface area contributed by atoms with Crippen LogP contribution in [0, 0.1) is 11.8 Å². The average Bonchev–Trinajstić information content (AvgIpc) is 3.72. The molecule has 534 valence electrons. The first-order valence-corrected chi connectivity index (χ1v) is 40.0. The van der Waals surface area contributed by atoms with E-state index in [1.165, 1.54) is 173 Å². The fourth-order valence-electron chi connectivity index (χ4n) is 10.8. The average molecular weight is 1330 g/mol. The van der Waals surface area contributed by atoms with E-state index < -0.39 is 97.5 Å². The number of phosphoric ester groups is 2. The van der Waals surface area contributed by atoms with Gasteiger partial charge in [-0.15, -0.1) is 0 Å². The summed E-state index contributed by atoms with van der Waals surface area (Å²) in [6.07, 6.45) is 49.2. The summed E-state index contributed by atoms with van der Waals surface area (Å²) in [6, 6.07) is 0. The number of aliphatic hydroxyl groups excluding tert-OH is 1. The molecule has 0 heterocycles. The van der Waals surface area contributed by atoms with E-state index in [1.54, 1.807) is 0 Å². The van der Waals surface area contributed by atoms with Crippen LogP contribution < -0.4 is 0 Å². The highest BCUT2D eigenvalue weighted by Gasteiger charge is 2.30.